The van der Waals surface area contributed by atoms with Crippen LogP contribution in [0.1, 0.15) is 45.1 Å². The molecular weight excluding hydrogens is 300 g/mol. The first kappa shape index (κ1) is 18.3. The van der Waals surface area contributed by atoms with Crippen molar-refractivity contribution in [2.45, 2.75) is 51.0 Å². The van der Waals surface area contributed by atoms with Crippen LogP contribution < -0.4 is 16.0 Å². The van der Waals surface area contributed by atoms with Gasteiger partial charge in [0.1, 0.15) is 0 Å². The number of hydrogen-bond donors (Lipinski definition) is 3. The van der Waals surface area contributed by atoms with E-state index in [4.69, 9.17) is 0 Å². The molecule has 3 N–H and O–H groups in total. The minimum Gasteiger partial charge on any atom is -0.356 e. The summed E-state index contributed by atoms with van der Waals surface area (Å²) in [6.45, 7) is 5.54. The first-order valence-electron chi connectivity index (χ1n) is 8.89. The molecule has 1 unspecified atom stereocenters. The minimum atomic E-state index is 0.0789. The van der Waals surface area contributed by atoms with Crippen LogP contribution in [0.15, 0.2) is 35.3 Å². The molecule has 1 aliphatic rings. The molecule has 1 aromatic carbocycles. The third kappa shape index (κ3) is 5.25. The van der Waals surface area contributed by atoms with E-state index in [2.05, 4.69) is 58.2 Å². The molecule has 1 atom stereocenters. The molecule has 0 radical (unpaired) electrons. The highest BCUT2D eigenvalue weighted by molar-refractivity contribution is 5.81. The lowest BCUT2D eigenvalue weighted by Gasteiger charge is -2.19. The van der Waals surface area contributed by atoms with Gasteiger partial charge in [0.2, 0.25) is 5.91 Å². The molecule has 1 fully saturated rings. The number of amides is 1. The molecular formula is C19H30N4O. The van der Waals surface area contributed by atoms with Crippen molar-refractivity contribution in [2.24, 2.45) is 4.99 Å². The highest BCUT2D eigenvalue weighted by atomic mass is 16.1. The van der Waals surface area contributed by atoms with Gasteiger partial charge < -0.3 is 16.0 Å². The molecule has 1 saturated carbocycles. The van der Waals surface area contributed by atoms with Crippen molar-refractivity contribution >= 4 is 11.9 Å². The smallest absolute Gasteiger partial charge is 0.221 e. The third-order valence-corrected chi connectivity index (χ3v) is 4.72. The van der Waals surface area contributed by atoms with Gasteiger partial charge in [-0.05, 0) is 31.7 Å². The first-order chi connectivity index (χ1) is 11.6. The van der Waals surface area contributed by atoms with Gasteiger partial charge in [-0.3, -0.25) is 9.79 Å². The molecule has 1 aromatic rings. The zero-order chi connectivity index (χ0) is 17.4. The summed E-state index contributed by atoms with van der Waals surface area (Å²) in [5.41, 5.74) is 1.63. The van der Waals surface area contributed by atoms with Gasteiger partial charge in [-0.25, -0.2) is 0 Å². The quantitative estimate of drug-likeness (QED) is 0.506. The Labute approximate surface area is 145 Å². The van der Waals surface area contributed by atoms with E-state index in [9.17, 15) is 4.79 Å². The highest BCUT2D eigenvalue weighted by Gasteiger charge is 2.43. The molecule has 24 heavy (non-hydrogen) atoms. The molecule has 132 valence electrons. The van der Waals surface area contributed by atoms with Crippen LogP contribution in [-0.4, -0.2) is 38.0 Å². The summed E-state index contributed by atoms with van der Waals surface area (Å²) in [4.78, 5) is 16.0. The Morgan fingerprint density at radius 2 is 1.96 bits per heavy atom. The number of nitrogens with one attached hydrogen (secondary N) is 3. The number of guanidine groups is 1. The van der Waals surface area contributed by atoms with E-state index >= 15 is 0 Å². The van der Waals surface area contributed by atoms with Gasteiger partial charge in [0, 0.05) is 38.0 Å². The van der Waals surface area contributed by atoms with Crippen molar-refractivity contribution in [1.29, 1.82) is 0 Å². The number of nitrogens with zero attached hydrogens (tertiary/aromatic N) is 1. The van der Waals surface area contributed by atoms with Crippen LogP contribution in [0.25, 0.3) is 0 Å². The summed E-state index contributed by atoms with van der Waals surface area (Å²) in [5.74, 6) is 0.837. The Bertz CT molecular complexity index is 552. The van der Waals surface area contributed by atoms with Crippen LogP contribution in [0.3, 0.4) is 0 Å². The van der Waals surface area contributed by atoms with Gasteiger partial charge in [-0.15, -0.1) is 0 Å². The topological polar surface area (TPSA) is 65.5 Å². The maximum absolute atomic E-state index is 11.8. The lowest BCUT2D eigenvalue weighted by Crippen LogP contribution is -2.43. The average molecular weight is 330 g/mol. The van der Waals surface area contributed by atoms with Crippen molar-refractivity contribution in [2.75, 3.05) is 20.1 Å². The maximum Gasteiger partial charge on any atom is 0.221 e. The summed E-state index contributed by atoms with van der Waals surface area (Å²) in [6.07, 6.45) is 3.81. The predicted octanol–water partition coefficient (Wildman–Crippen LogP) is 2.19. The predicted molar refractivity (Wildman–Crippen MR) is 99.2 cm³/mol. The van der Waals surface area contributed by atoms with E-state index in [0.29, 0.717) is 13.0 Å². The van der Waals surface area contributed by atoms with Crippen molar-refractivity contribution in [3.63, 3.8) is 0 Å². The first-order valence-corrected chi connectivity index (χ1v) is 8.89. The van der Waals surface area contributed by atoms with Gasteiger partial charge in [-0.2, -0.15) is 0 Å². The average Bonchev–Trinajstić information content (AvgIpc) is 3.39. The number of benzene rings is 1. The van der Waals surface area contributed by atoms with E-state index in [-0.39, 0.29) is 17.4 Å². The molecule has 0 aromatic heterocycles. The van der Waals surface area contributed by atoms with Crippen molar-refractivity contribution in [1.82, 2.24) is 16.0 Å². The summed E-state index contributed by atoms with van der Waals surface area (Å²) in [5, 5.41) is 9.59. The Kier molecular flexibility index (Phi) is 6.64. The standard InChI is InChI=1S/C19H30N4O/c1-4-15(2)23-17(24)10-13-21-18(20-3)22-14-19(11-12-19)16-8-6-5-7-9-16/h5-9,15H,4,10-14H2,1-3H3,(H,23,24)(H2,20,21,22). The van der Waals surface area contributed by atoms with Crippen LogP contribution in [0.5, 0.6) is 0 Å². The molecule has 0 saturated heterocycles. The van der Waals surface area contributed by atoms with Crippen molar-refractivity contribution < 1.29 is 4.79 Å². The van der Waals surface area contributed by atoms with E-state index in [1.165, 1.54) is 18.4 Å². The Balaban J connectivity index is 1.73. The van der Waals surface area contributed by atoms with E-state index < -0.39 is 0 Å². The molecule has 0 bridgehead atoms. The molecule has 1 amide bonds. The van der Waals surface area contributed by atoms with Gasteiger partial charge in [0.05, 0.1) is 0 Å². The fourth-order valence-electron chi connectivity index (χ4n) is 2.73. The summed E-state index contributed by atoms with van der Waals surface area (Å²) >= 11 is 0. The highest BCUT2D eigenvalue weighted by Crippen LogP contribution is 2.47. The molecule has 0 heterocycles. The van der Waals surface area contributed by atoms with Gasteiger partial charge >= 0.3 is 0 Å². The lowest BCUT2D eigenvalue weighted by molar-refractivity contribution is -0.121. The van der Waals surface area contributed by atoms with Crippen LogP contribution in [0.4, 0.5) is 0 Å². The van der Waals surface area contributed by atoms with Gasteiger partial charge in [0.25, 0.3) is 0 Å². The molecule has 0 aliphatic heterocycles. The number of aliphatic imine (C=N–C) groups is 1. The lowest BCUT2D eigenvalue weighted by atomic mass is 9.96. The van der Waals surface area contributed by atoms with Crippen molar-refractivity contribution in [3.8, 4) is 0 Å². The van der Waals surface area contributed by atoms with Crippen LogP contribution >= 0.6 is 0 Å². The summed E-state index contributed by atoms with van der Waals surface area (Å²) in [7, 11) is 1.76. The monoisotopic (exact) mass is 330 g/mol. The molecule has 5 nitrogen and oxygen atoms in total. The third-order valence-electron chi connectivity index (χ3n) is 4.72. The largest absolute Gasteiger partial charge is 0.356 e. The van der Waals surface area contributed by atoms with E-state index in [1.54, 1.807) is 7.05 Å². The number of carbonyl (C=O) groups is 1. The second-order valence-corrected chi connectivity index (χ2v) is 6.63. The number of rotatable bonds is 8. The Morgan fingerprint density at radius 3 is 2.54 bits per heavy atom. The summed E-state index contributed by atoms with van der Waals surface area (Å²) < 4.78 is 0. The molecule has 1 aliphatic carbocycles. The summed E-state index contributed by atoms with van der Waals surface area (Å²) in [6, 6.07) is 10.9. The fourth-order valence-corrected chi connectivity index (χ4v) is 2.73. The van der Waals surface area contributed by atoms with Gasteiger partial charge in [0.15, 0.2) is 5.96 Å². The number of hydrogen-bond acceptors (Lipinski definition) is 2. The molecule has 5 heteroatoms. The normalized spacial score (nSPS) is 17.0. The van der Waals surface area contributed by atoms with E-state index in [1.807, 2.05) is 6.92 Å². The maximum atomic E-state index is 11.8. The molecule has 2 rings (SSSR count). The van der Waals surface area contributed by atoms with Crippen LogP contribution in [-0.2, 0) is 10.2 Å². The zero-order valence-corrected chi connectivity index (χ0v) is 15.1. The second kappa shape index (κ2) is 8.71. The van der Waals surface area contributed by atoms with Gasteiger partial charge in [-0.1, -0.05) is 37.3 Å². The second-order valence-electron chi connectivity index (χ2n) is 6.63. The minimum absolute atomic E-state index is 0.0789. The van der Waals surface area contributed by atoms with Crippen LogP contribution in [0.2, 0.25) is 0 Å². The Morgan fingerprint density at radius 1 is 1.25 bits per heavy atom. The molecule has 0 spiro atoms. The fraction of sp³-hybridized carbons (Fsp3) is 0.579. The van der Waals surface area contributed by atoms with E-state index in [0.717, 1.165) is 18.9 Å². The SMILES string of the molecule is CCC(C)NC(=O)CCNC(=NC)NCC1(c2ccccc2)CC1. The van der Waals surface area contributed by atoms with Crippen LogP contribution in [0, 0.1) is 0 Å². The zero-order valence-electron chi connectivity index (χ0n) is 15.1. The Hall–Kier alpha value is -2.04. The van der Waals surface area contributed by atoms with Crippen molar-refractivity contribution in [3.05, 3.63) is 35.9 Å². The number of carbonyl (C=O) groups excluding carboxylic acids is 1.